The van der Waals surface area contributed by atoms with Gasteiger partial charge in [0.25, 0.3) is 0 Å². The van der Waals surface area contributed by atoms with Crippen LogP contribution >= 0.6 is 0 Å². The average Bonchev–Trinajstić information content (AvgIpc) is 2.47. The topological polar surface area (TPSA) is 75.4 Å². The van der Waals surface area contributed by atoms with Gasteiger partial charge >= 0.3 is 0 Å². The molecular formula is C16H29N3O2. The molecule has 0 aromatic rings. The van der Waals surface area contributed by atoms with Crippen LogP contribution in [0.4, 0.5) is 0 Å². The van der Waals surface area contributed by atoms with E-state index in [1.165, 1.54) is 6.42 Å². The Morgan fingerprint density at radius 1 is 1.24 bits per heavy atom. The van der Waals surface area contributed by atoms with Gasteiger partial charge in [-0.3, -0.25) is 9.59 Å². The number of hydrogen-bond donors (Lipinski definition) is 2. The summed E-state index contributed by atoms with van der Waals surface area (Å²) in [6.07, 6.45) is 7.47. The average molecular weight is 295 g/mol. The van der Waals surface area contributed by atoms with E-state index < -0.39 is 5.54 Å². The molecule has 0 aromatic heterocycles. The summed E-state index contributed by atoms with van der Waals surface area (Å²) < 4.78 is 0. The summed E-state index contributed by atoms with van der Waals surface area (Å²) in [6, 6.07) is 0. The molecule has 0 spiro atoms. The summed E-state index contributed by atoms with van der Waals surface area (Å²) in [5.41, 5.74) is 5.51. The van der Waals surface area contributed by atoms with Gasteiger partial charge in [-0.05, 0) is 38.0 Å². The second-order valence-corrected chi connectivity index (χ2v) is 6.81. The van der Waals surface area contributed by atoms with Crippen LogP contribution < -0.4 is 11.1 Å². The highest BCUT2D eigenvalue weighted by Gasteiger charge is 2.37. The summed E-state index contributed by atoms with van der Waals surface area (Å²) in [5, 5.41) is 2.87. The fourth-order valence-electron chi connectivity index (χ4n) is 3.56. The van der Waals surface area contributed by atoms with Crippen molar-refractivity contribution in [3.05, 3.63) is 0 Å². The van der Waals surface area contributed by atoms with E-state index in [9.17, 15) is 9.59 Å². The minimum Gasteiger partial charge on any atom is -0.354 e. The molecular weight excluding hydrogens is 266 g/mol. The third kappa shape index (κ3) is 4.43. The van der Waals surface area contributed by atoms with Crippen LogP contribution in [0.2, 0.25) is 0 Å². The van der Waals surface area contributed by atoms with Gasteiger partial charge in [0.05, 0.1) is 5.54 Å². The molecule has 2 unspecified atom stereocenters. The zero-order chi connectivity index (χ0) is 15.3. The summed E-state index contributed by atoms with van der Waals surface area (Å²) >= 11 is 0. The lowest BCUT2D eigenvalue weighted by molar-refractivity contribution is -0.132. The molecule has 5 heteroatoms. The largest absolute Gasteiger partial charge is 0.354 e. The van der Waals surface area contributed by atoms with Crippen molar-refractivity contribution in [2.24, 2.45) is 11.7 Å². The fourth-order valence-corrected chi connectivity index (χ4v) is 3.56. The zero-order valence-electron chi connectivity index (χ0n) is 13.2. The molecule has 2 aliphatic rings. The number of amides is 2. The van der Waals surface area contributed by atoms with Crippen LogP contribution in [-0.4, -0.2) is 41.9 Å². The summed E-state index contributed by atoms with van der Waals surface area (Å²) in [7, 11) is 0. The standard InChI is InChI=1S/C16H29N3O2/c1-13-6-5-8-16(17,12-13)15(21)18-9-7-14(20)19-10-3-2-4-11-19/h13H,2-12,17H2,1H3,(H,18,21). The van der Waals surface area contributed by atoms with E-state index in [-0.39, 0.29) is 11.8 Å². The molecule has 0 radical (unpaired) electrons. The molecule has 1 heterocycles. The van der Waals surface area contributed by atoms with Gasteiger partial charge in [-0.15, -0.1) is 0 Å². The monoisotopic (exact) mass is 295 g/mol. The van der Waals surface area contributed by atoms with Crippen LogP contribution in [0.25, 0.3) is 0 Å². The molecule has 1 saturated heterocycles. The van der Waals surface area contributed by atoms with Crippen molar-refractivity contribution in [3.63, 3.8) is 0 Å². The zero-order valence-corrected chi connectivity index (χ0v) is 13.2. The normalized spacial score (nSPS) is 30.0. The number of likely N-dealkylation sites (tertiary alicyclic amines) is 1. The van der Waals surface area contributed by atoms with E-state index in [1.807, 2.05) is 4.90 Å². The quantitative estimate of drug-likeness (QED) is 0.823. The third-order valence-electron chi connectivity index (χ3n) is 4.82. The van der Waals surface area contributed by atoms with Crippen molar-refractivity contribution in [1.82, 2.24) is 10.2 Å². The Bertz CT molecular complexity index is 380. The molecule has 21 heavy (non-hydrogen) atoms. The molecule has 1 aliphatic carbocycles. The maximum Gasteiger partial charge on any atom is 0.240 e. The number of nitrogens with zero attached hydrogens (tertiary/aromatic N) is 1. The SMILES string of the molecule is CC1CCCC(N)(C(=O)NCCC(=O)N2CCCCC2)C1. The van der Waals surface area contributed by atoms with E-state index in [2.05, 4.69) is 12.2 Å². The number of nitrogens with one attached hydrogen (secondary N) is 1. The maximum absolute atomic E-state index is 12.3. The second kappa shape index (κ2) is 7.25. The van der Waals surface area contributed by atoms with E-state index in [0.717, 1.165) is 51.6 Å². The molecule has 2 fully saturated rings. The van der Waals surface area contributed by atoms with Crippen molar-refractivity contribution >= 4 is 11.8 Å². The first kappa shape index (κ1) is 16.3. The second-order valence-electron chi connectivity index (χ2n) is 6.81. The Morgan fingerprint density at radius 3 is 2.62 bits per heavy atom. The van der Waals surface area contributed by atoms with Crippen molar-refractivity contribution in [1.29, 1.82) is 0 Å². The smallest absolute Gasteiger partial charge is 0.240 e. The number of piperidine rings is 1. The van der Waals surface area contributed by atoms with E-state index >= 15 is 0 Å². The van der Waals surface area contributed by atoms with E-state index in [1.54, 1.807) is 0 Å². The number of carbonyl (C=O) groups excluding carboxylic acids is 2. The van der Waals surface area contributed by atoms with Gasteiger partial charge < -0.3 is 16.0 Å². The highest BCUT2D eigenvalue weighted by atomic mass is 16.2. The van der Waals surface area contributed by atoms with Gasteiger partial charge in [0, 0.05) is 26.1 Å². The molecule has 120 valence electrons. The molecule has 1 aliphatic heterocycles. The Balaban J connectivity index is 1.72. The van der Waals surface area contributed by atoms with Crippen molar-refractivity contribution in [3.8, 4) is 0 Å². The number of nitrogens with two attached hydrogens (primary N) is 1. The maximum atomic E-state index is 12.3. The lowest BCUT2D eigenvalue weighted by Gasteiger charge is -2.35. The lowest BCUT2D eigenvalue weighted by atomic mass is 9.76. The fraction of sp³-hybridized carbons (Fsp3) is 0.875. The number of hydrogen-bond acceptors (Lipinski definition) is 3. The van der Waals surface area contributed by atoms with Crippen LogP contribution in [0.15, 0.2) is 0 Å². The van der Waals surface area contributed by atoms with E-state index in [0.29, 0.717) is 18.9 Å². The lowest BCUT2D eigenvalue weighted by Crippen LogP contribution is -2.56. The minimum atomic E-state index is -0.730. The van der Waals surface area contributed by atoms with Crippen molar-refractivity contribution in [2.45, 2.75) is 63.8 Å². The van der Waals surface area contributed by atoms with Gasteiger partial charge in [-0.2, -0.15) is 0 Å². The predicted octanol–water partition coefficient (Wildman–Crippen LogP) is 1.41. The first-order chi connectivity index (χ1) is 10.0. The summed E-state index contributed by atoms with van der Waals surface area (Å²) in [4.78, 5) is 26.2. The first-order valence-corrected chi connectivity index (χ1v) is 8.36. The number of carbonyl (C=O) groups is 2. The van der Waals surface area contributed by atoms with Gasteiger partial charge in [-0.25, -0.2) is 0 Å². The third-order valence-corrected chi connectivity index (χ3v) is 4.82. The highest BCUT2D eigenvalue weighted by Crippen LogP contribution is 2.30. The van der Waals surface area contributed by atoms with Crippen LogP contribution in [0.1, 0.15) is 58.3 Å². The van der Waals surface area contributed by atoms with Gasteiger partial charge in [-0.1, -0.05) is 19.8 Å². The van der Waals surface area contributed by atoms with Crippen LogP contribution in [-0.2, 0) is 9.59 Å². The summed E-state index contributed by atoms with van der Waals surface area (Å²) in [6.45, 7) is 4.28. The van der Waals surface area contributed by atoms with Crippen molar-refractivity contribution < 1.29 is 9.59 Å². The first-order valence-electron chi connectivity index (χ1n) is 8.36. The molecule has 5 nitrogen and oxygen atoms in total. The Kier molecular flexibility index (Phi) is 5.62. The molecule has 2 amide bonds. The Hall–Kier alpha value is -1.10. The molecule has 3 N–H and O–H groups in total. The minimum absolute atomic E-state index is 0.0829. The van der Waals surface area contributed by atoms with E-state index in [4.69, 9.17) is 5.73 Å². The van der Waals surface area contributed by atoms with Gasteiger partial charge in [0.15, 0.2) is 0 Å². The molecule has 2 atom stereocenters. The highest BCUT2D eigenvalue weighted by molar-refractivity contribution is 5.86. The van der Waals surface area contributed by atoms with Crippen LogP contribution in [0.5, 0.6) is 0 Å². The predicted molar refractivity (Wildman–Crippen MR) is 82.6 cm³/mol. The Labute approximate surface area is 127 Å². The van der Waals surface area contributed by atoms with Crippen LogP contribution in [0, 0.1) is 5.92 Å². The van der Waals surface area contributed by atoms with Gasteiger partial charge in [0.2, 0.25) is 11.8 Å². The van der Waals surface area contributed by atoms with Crippen LogP contribution in [0.3, 0.4) is 0 Å². The molecule has 0 bridgehead atoms. The van der Waals surface area contributed by atoms with Crippen molar-refractivity contribution in [2.75, 3.05) is 19.6 Å². The summed E-state index contributed by atoms with van der Waals surface area (Å²) in [5.74, 6) is 0.572. The molecule has 2 rings (SSSR count). The molecule has 0 aromatic carbocycles. The molecule has 1 saturated carbocycles. The Morgan fingerprint density at radius 2 is 1.95 bits per heavy atom. The number of rotatable bonds is 4. The van der Waals surface area contributed by atoms with Gasteiger partial charge in [0.1, 0.15) is 0 Å².